The van der Waals surface area contributed by atoms with Crippen molar-refractivity contribution in [3.8, 4) is 67.5 Å². The molecule has 10 rings (SSSR count). The molecular weight excluding hydrogens is 679 g/mol. The van der Waals surface area contributed by atoms with E-state index in [-0.39, 0.29) is 0 Å². The topological polar surface area (TPSA) is 51.8 Å². The van der Waals surface area contributed by atoms with Gasteiger partial charge in [0.1, 0.15) is 11.2 Å². The molecule has 0 saturated carbocycles. The Bertz CT molecular complexity index is 2770. The van der Waals surface area contributed by atoms with Crippen molar-refractivity contribution in [2.45, 2.75) is 12.3 Å². The summed E-state index contributed by atoms with van der Waals surface area (Å²) >= 11 is 2.06. The molecule has 54 heavy (non-hydrogen) atoms. The Morgan fingerprint density at radius 1 is 0.463 bits per heavy atom. The van der Waals surface area contributed by atoms with E-state index in [2.05, 4.69) is 133 Å². The fraction of sp³-hybridized carbons (Fsp3) is 0.0816. The van der Waals surface area contributed by atoms with Gasteiger partial charge in [-0.1, -0.05) is 158 Å². The Balaban J connectivity index is 1.09. The van der Waals surface area contributed by atoms with Crippen LogP contribution in [0.3, 0.4) is 0 Å². The van der Waals surface area contributed by atoms with Gasteiger partial charge in [-0.25, -0.2) is 15.0 Å². The maximum absolute atomic E-state index is 6.74. The minimum atomic E-state index is 0.604. The van der Waals surface area contributed by atoms with E-state index >= 15 is 0 Å². The average molecular weight is 714 g/mol. The third-order valence-electron chi connectivity index (χ3n) is 10.5. The molecule has 0 N–H and O–H groups in total. The first-order chi connectivity index (χ1) is 26.7. The van der Waals surface area contributed by atoms with Crippen molar-refractivity contribution in [3.05, 3.63) is 175 Å². The summed E-state index contributed by atoms with van der Waals surface area (Å²) in [6, 6.07) is 59.5. The fourth-order valence-electron chi connectivity index (χ4n) is 7.68. The van der Waals surface area contributed by atoms with Gasteiger partial charge in [0.25, 0.3) is 0 Å². The third-order valence-corrected chi connectivity index (χ3v) is 11.6. The zero-order valence-corrected chi connectivity index (χ0v) is 30.3. The molecule has 9 aromatic rings. The standard InChI is InChI=1S/C49H35N3OS/c1-3-11-32(12-4-1)33-23-25-35(26-24-33)48-50-47(34-13-5-2-6-14-34)51-49(52-48)43-21-10-22-44-45(43)42-20-9-19-41(46(42)53-44)39-18-8-16-37(30-39)36-15-7-17-38(29-36)40-27-28-54-31-40/h1-26,29-30,40H,27-28,31H2. The molecule has 1 aliphatic heterocycles. The molecule has 0 amide bonds. The molecule has 1 atom stereocenters. The molecule has 1 saturated heterocycles. The molecule has 1 unspecified atom stereocenters. The molecule has 1 fully saturated rings. The van der Waals surface area contributed by atoms with E-state index in [1.807, 2.05) is 48.5 Å². The quantitative estimate of drug-likeness (QED) is 0.165. The van der Waals surface area contributed by atoms with Gasteiger partial charge in [0.05, 0.1) is 0 Å². The lowest BCUT2D eigenvalue weighted by Crippen LogP contribution is -2.00. The molecule has 2 aromatic heterocycles. The van der Waals surface area contributed by atoms with E-state index in [0.717, 1.165) is 55.3 Å². The fourth-order valence-corrected chi connectivity index (χ4v) is 8.94. The summed E-state index contributed by atoms with van der Waals surface area (Å²) < 4.78 is 6.74. The molecule has 1 aliphatic rings. The van der Waals surface area contributed by atoms with Gasteiger partial charge in [-0.3, -0.25) is 0 Å². The summed E-state index contributed by atoms with van der Waals surface area (Å²) in [5.74, 6) is 4.95. The number of furan rings is 1. The summed E-state index contributed by atoms with van der Waals surface area (Å²) in [5, 5.41) is 2.02. The smallest absolute Gasteiger partial charge is 0.164 e. The molecule has 4 nitrogen and oxygen atoms in total. The molecule has 5 heteroatoms. The van der Waals surface area contributed by atoms with Gasteiger partial charge in [0, 0.05) is 38.8 Å². The second-order valence-corrected chi connectivity index (χ2v) is 15.0. The normalized spacial score (nSPS) is 14.2. The predicted octanol–water partition coefficient (Wildman–Crippen LogP) is 13.0. The summed E-state index contributed by atoms with van der Waals surface area (Å²) in [6.07, 6.45) is 1.26. The van der Waals surface area contributed by atoms with Crippen LogP contribution in [0.4, 0.5) is 0 Å². The minimum Gasteiger partial charge on any atom is -0.455 e. The van der Waals surface area contributed by atoms with Gasteiger partial charge in [0.15, 0.2) is 17.5 Å². The van der Waals surface area contributed by atoms with E-state index < -0.39 is 0 Å². The summed E-state index contributed by atoms with van der Waals surface area (Å²) in [4.78, 5) is 15.2. The monoisotopic (exact) mass is 713 g/mol. The van der Waals surface area contributed by atoms with E-state index in [1.165, 1.54) is 40.2 Å². The highest BCUT2D eigenvalue weighted by atomic mass is 32.2. The lowest BCUT2D eigenvalue weighted by molar-refractivity contribution is 0.670. The first kappa shape index (κ1) is 32.4. The Labute approximate surface area is 318 Å². The number of nitrogens with zero attached hydrogens (tertiary/aromatic N) is 3. The van der Waals surface area contributed by atoms with Crippen LogP contribution in [0.2, 0.25) is 0 Å². The van der Waals surface area contributed by atoms with Crippen molar-refractivity contribution in [2.75, 3.05) is 11.5 Å². The number of benzene rings is 7. The molecule has 0 aliphatic carbocycles. The zero-order valence-electron chi connectivity index (χ0n) is 29.5. The van der Waals surface area contributed by atoms with Crippen molar-refractivity contribution >= 4 is 33.7 Å². The van der Waals surface area contributed by atoms with Crippen molar-refractivity contribution in [3.63, 3.8) is 0 Å². The number of hydrogen-bond donors (Lipinski definition) is 0. The number of thioether (sulfide) groups is 1. The van der Waals surface area contributed by atoms with E-state index in [4.69, 9.17) is 19.4 Å². The molecule has 0 bridgehead atoms. The van der Waals surface area contributed by atoms with Gasteiger partial charge in [-0.2, -0.15) is 11.8 Å². The number of fused-ring (bicyclic) bond motifs is 3. The lowest BCUT2D eigenvalue weighted by Gasteiger charge is -2.12. The Kier molecular flexibility index (Phi) is 8.34. The number of hydrogen-bond acceptors (Lipinski definition) is 5. The molecule has 7 aromatic carbocycles. The predicted molar refractivity (Wildman–Crippen MR) is 224 cm³/mol. The van der Waals surface area contributed by atoms with Gasteiger partial charge in [-0.05, 0) is 63.6 Å². The van der Waals surface area contributed by atoms with Gasteiger partial charge < -0.3 is 4.42 Å². The van der Waals surface area contributed by atoms with Crippen LogP contribution in [0.15, 0.2) is 174 Å². The first-order valence-corrected chi connectivity index (χ1v) is 19.6. The summed E-state index contributed by atoms with van der Waals surface area (Å²) in [7, 11) is 0. The number of para-hydroxylation sites is 1. The van der Waals surface area contributed by atoms with Crippen molar-refractivity contribution in [1.82, 2.24) is 15.0 Å². The second kappa shape index (κ2) is 13.9. The summed E-state index contributed by atoms with van der Waals surface area (Å²) in [6.45, 7) is 0. The van der Waals surface area contributed by atoms with Crippen molar-refractivity contribution in [1.29, 1.82) is 0 Å². The molecule has 0 spiro atoms. The van der Waals surface area contributed by atoms with Crippen molar-refractivity contribution < 1.29 is 4.42 Å². The first-order valence-electron chi connectivity index (χ1n) is 18.5. The van der Waals surface area contributed by atoms with Gasteiger partial charge >= 0.3 is 0 Å². The summed E-state index contributed by atoms with van der Waals surface area (Å²) in [5.41, 5.74) is 12.8. The van der Waals surface area contributed by atoms with Crippen LogP contribution >= 0.6 is 11.8 Å². The third kappa shape index (κ3) is 6.07. The molecule has 258 valence electrons. The van der Waals surface area contributed by atoms with Gasteiger partial charge in [-0.15, -0.1) is 0 Å². The maximum atomic E-state index is 6.74. The van der Waals surface area contributed by atoms with Crippen LogP contribution < -0.4 is 0 Å². The molecular formula is C49H35N3OS. The van der Waals surface area contributed by atoms with Crippen LogP contribution in [0.1, 0.15) is 17.9 Å². The second-order valence-electron chi connectivity index (χ2n) is 13.8. The Hall–Kier alpha value is -6.30. The number of aromatic nitrogens is 3. The highest BCUT2D eigenvalue weighted by Crippen LogP contribution is 2.41. The Morgan fingerprint density at radius 3 is 1.80 bits per heavy atom. The Morgan fingerprint density at radius 2 is 1.04 bits per heavy atom. The van der Waals surface area contributed by atoms with Crippen LogP contribution in [-0.2, 0) is 0 Å². The van der Waals surface area contributed by atoms with E-state index in [0.29, 0.717) is 23.4 Å². The van der Waals surface area contributed by atoms with Crippen LogP contribution in [0.5, 0.6) is 0 Å². The SMILES string of the molecule is c1ccc(-c2ccc(-c3nc(-c4ccccc4)nc(-c4cccc5oc6c(-c7cccc(-c8cccc(C9CCSC9)c8)c7)cccc6c45)n3)cc2)cc1. The minimum absolute atomic E-state index is 0.604. The van der Waals surface area contributed by atoms with Crippen LogP contribution in [0.25, 0.3) is 89.5 Å². The highest BCUT2D eigenvalue weighted by Gasteiger charge is 2.21. The molecule has 3 heterocycles. The highest BCUT2D eigenvalue weighted by molar-refractivity contribution is 7.99. The largest absolute Gasteiger partial charge is 0.455 e. The number of rotatable bonds is 7. The lowest BCUT2D eigenvalue weighted by atomic mass is 9.93. The molecule has 0 radical (unpaired) electrons. The van der Waals surface area contributed by atoms with E-state index in [1.54, 1.807) is 0 Å². The average Bonchev–Trinajstić information content (AvgIpc) is 3.94. The maximum Gasteiger partial charge on any atom is 0.164 e. The van der Waals surface area contributed by atoms with Gasteiger partial charge in [0.2, 0.25) is 0 Å². The van der Waals surface area contributed by atoms with Crippen molar-refractivity contribution in [2.24, 2.45) is 0 Å². The van der Waals surface area contributed by atoms with Crippen LogP contribution in [0, 0.1) is 0 Å². The van der Waals surface area contributed by atoms with E-state index in [9.17, 15) is 0 Å². The zero-order chi connectivity index (χ0) is 35.8. The van der Waals surface area contributed by atoms with Crippen LogP contribution in [-0.4, -0.2) is 26.5 Å².